The van der Waals surface area contributed by atoms with Gasteiger partial charge < -0.3 is 20.5 Å². The Labute approximate surface area is 134 Å². The van der Waals surface area contributed by atoms with Crippen LogP contribution in [0.3, 0.4) is 0 Å². The second-order valence-corrected chi connectivity index (χ2v) is 4.66. The molecular weight excluding hydrogens is 333 g/mol. The monoisotopic (exact) mass is 348 g/mol. The van der Waals surface area contributed by atoms with Crippen LogP contribution in [0.25, 0.3) is 0 Å². The van der Waals surface area contributed by atoms with Crippen LogP contribution in [-0.2, 0) is 14.3 Å². The normalized spacial score (nSPS) is 12.2. The molecule has 7 nitrogen and oxygen atoms in total. The average molecular weight is 348 g/mol. The topological polar surface area (TPSA) is 108 Å². The molecule has 0 heterocycles. The van der Waals surface area contributed by atoms with Gasteiger partial charge in [0, 0.05) is 0 Å². The van der Waals surface area contributed by atoms with Crippen LogP contribution in [0.2, 0.25) is 0 Å². The summed E-state index contributed by atoms with van der Waals surface area (Å²) in [5, 5.41) is 1.61. The lowest BCUT2D eigenvalue weighted by atomic mass is 10.2. The highest BCUT2D eigenvalue weighted by Crippen LogP contribution is 2.14. The summed E-state index contributed by atoms with van der Waals surface area (Å²) in [6.45, 7) is -0.701. The zero-order valence-electron chi connectivity index (χ0n) is 12.6. The first-order chi connectivity index (χ1) is 11.1. The molecule has 0 spiro atoms. The Bertz CT molecular complexity index is 601. The maximum atomic E-state index is 12.0. The summed E-state index contributed by atoms with van der Waals surface area (Å²) in [6.07, 6.45) is -5.95. The van der Waals surface area contributed by atoms with Gasteiger partial charge in [-0.1, -0.05) is 0 Å². The average Bonchev–Trinajstić information content (AvgIpc) is 2.50. The molecule has 0 aromatic heterocycles. The number of rotatable bonds is 7. The van der Waals surface area contributed by atoms with E-state index in [9.17, 15) is 27.6 Å². The van der Waals surface area contributed by atoms with Gasteiger partial charge in [0.15, 0.2) is 12.7 Å². The third-order valence-corrected chi connectivity index (χ3v) is 2.59. The molecule has 132 valence electrons. The van der Waals surface area contributed by atoms with Gasteiger partial charge in [0.25, 0.3) is 11.8 Å². The summed E-state index contributed by atoms with van der Waals surface area (Å²) >= 11 is 0. The van der Waals surface area contributed by atoms with E-state index in [1.54, 1.807) is 5.32 Å². The van der Waals surface area contributed by atoms with Crippen molar-refractivity contribution in [2.75, 3.05) is 13.2 Å². The Morgan fingerprint density at radius 3 is 2.29 bits per heavy atom. The minimum Gasteiger partial charge on any atom is -0.484 e. The van der Waals surface area contributed by atoms with Crippen molar-refractivity contribution in [3.63, 3.8) is 0 Å². The van der Waals surface area contributed by atoms with Crippen LogP contribution in [0, 0.1) is 0 Å². The van der Waals surface area contributed by atoms with Crippen molar-refractivity contribution < 1.29 is 37.0 Å². The molecule has 1 unspecified atom stereocenters. The largest absolute Gasteiger partial charge is 0.484 e. The van der Waals surface area contributed by atoms with Crippen LogP contribution in [-0.4, -0.2) is 43.2 Å². The number of benzene rings is 1. The molecule has 0 saturated heterocycles. The second-order valence-electron chi connectivity index (χ2n) is 4.66. The number of carbonyl (C=O) groups is 3. The van der Waals surface area contributed by atoms with E-state index >= 15 is 0 Å². The van der Waals surface area contributed by atoms with Crippen molar-refractivity contribution in [3.05, 3.63) is 29.8 Å². The van der Waals surface area contributed by atoms with Crippen molar-refractivity contribution in [1.82, 2.24) is 5.32 Å². The van der Waals surface area contributed by atoms with Crippen LogP contribution in [0.5, 0.6) is 5.75 Å². The molecule has 3 N–H and O–H groups in total. The fourth-order valence-electron chi connectivity index (χ4n) is 1.45. The number of nitrogens with two attached hydrogens (primary N) is 1. The van der Waals surface area contributed by atoms with E-state index in [-0.39, 0.29) is 17.9 Å². The summed E-state index contributed by atoms with van der Waals surface area (Å²) in [5.41, 5.74) is 4.96. The van der Waals surface area contributed by atoms with Crippen LogP contribution in [0.4, 0.5) is 13.2 Å². The fourth-order valence-corrected chi connectivity index (χ4v) is 1.45. The highest BCUT2D eigenvalue weighted by molar-refractivity contribution is 5.92. The van der Waals surface area contributed by atoms with E-state index in [1.807, 2.05) is 0 Å². The van der Waals surface area contributed by atoms with E-state index in [0.29, 0.717) is 0 Å². The Morgan fingerprint density at radius 2 is 1.79 bits per heavy atom. The SMILES string of the molecule is CC(OC(=O)c1ccc(OCC(N)=O)cc1)C(=O)NCC(F)(F)F. The van der Waals surface area contributed by atoms with Crippen molar-refractivity contribution >= 4 is 17.8 Å². The first-order valence-corrected chi connectivity index (χ1v) is 6.65. The number of carbonyl (C=O) groups excluding carboxylic acids is 3. The minimum absolute atomic E-state index is 0.0527. The van der Waals surface area contributed by atoms with Crippen molar-refractivity contribution in [1.29, 1.82) is 0 Å². The van der Waals surface area contributed by atoms with Crippen molar-refractivity contribution in [2.45, 2.75) is 19.2 Å². The molecule has 1 atom stereocenters. The van der Waals surface area contributed by atoms with Crippen LogP contribution < -0.4 is 15.8 Å². The molecule has 1 rings (SSSR count). The predicted molar refractivity (Wildman–Crippen MR) is 75.1 cm³/mol. The van der Waals surface area contributed by atoms with Gasteiger partial charge in [-0.15, -0.1) is 0 Å². The maximum absolute atomic E-state index is 12.0. The van der Waals surface area contributed by atoms with Gasteiger partial charge in [-0.05, 0) is 31.2 Å². The summed E-state index contributed by atoms with van der Waals surface area (Å²) < 4.78 is 45.7. The number of alkyl halides is 3. The number of primary amides is 1. The number of ether oxygens (including phenoxy) is 2. The molecular formula is C14H15F3N2O5. The zero-order valence-corrected chi connectivity index (χ0v) is 12.6. The molecule has 10 heteroatoms. The number of hydrogen-bond acceptors (Lipinski definition) is 5. The molecule has 1 aromatic rings. The smallest absolute Gasteiger partial charge is 0.405 e. The van der Waals surface area contributed by atoms with Gasteiger partial charge in [0.05, 0.1) is 5.56 Å². The lowest BCUT2D eigenvalue weighted by molar-refractivity contribution is -0.143. The number of amides is 2. The molecule has 0 aliphatic carbocycles. The highest BCUT2D eigenvalue weighted by atomic mass is 19.4. The van der Waals surface area contributed by atoms with Gasteiger partial charge in [-0.25, -0.2) is 4.79 Å². The van der Waals surface area contributed by atoms with E-state index in [0.717, 1.165) is 6.92 Å². The van der Waals surface area contributed by atoms with Gasteiger partial charge in [0.2, 0.25) is 0 Å². The minimum atomic E-state index is -4.56. The Morgan fingerprint density at radius 1 is 1.21 bits per heavy atom. The molecule has 0 bridgehead atoms. The summed E-state index contributed by atoms with van der Waals surface area (Å²) in [6, 6.07) is 5.35. The number of esters is 1. The standard InChI is InChI=1S/C14H15F3N2O5/c1-8(12(21)19-7-14(15,16)17)24-13(22)9-2-4-10(5-3-9)23-6-11(18)20/h2-5,8H,6-7H2,1H3,(H2,18,20)(H,19,21). The highest BCUT2D eigenvalue weighted by Gasteiger charge is 2.29. The van der Waals surface area contributed by atoms with Gasteiger partial charge in [0.1, 0.15) is 12.3 Å². The Balaban J connectivity index is 2.54. The fraction of sp³-hybridized carbons (Fsp3) is 0.357. The van der Waals surface area contributed by atoms with Crippen molar-refractivity contribution in [3.8, 4) is 5.75 Å². The van der Waals surface area contributed by atoms with E-state index < -0.39 is 36.6 Å². The lowest BCUT2D eigenvalue weighted by Gasteiger charge is -2.14. The summed E-state index contributed by atoms with van der Waals surface area (Å²) in [4.78, 5) is 33.8. The Hall–Kier alpha value is -2.78. The first-order valence-electron chi connectivity index (χ1n) is 6.65. The summed E-state index contributed by atoms with van der Waals surface area (Å²) in [7, 11) is 0. The first kappa shape index (κ1) is 19.3. The number of halogens is 3. The molecule has 0 saturated carbocycles. The third-order valence-electron chi connectivity index (χ3n) is 2.59. The molecule has 0 radical (unpaired) electrons. The molecule has 0 aliphatic heterocycles. The zero-order chi connectivity index (χ0) is 18.3. The maximum Gasteiger partial charge on any atom is 0.405 e. The second kappa shape index (κ2) is 8.18. The van der Waals surface area contributed by atoms with Crippen LogP contribution in [0.1, 0.15) is 17.3 Å². The molecule has 1 aromatic carbocycles. The van der Waals surface area contributed by atoms with Crippen molar-refractivity contribution in [2.24, 2.45) is 5.73 Å². The quantitative estimate of drug-likeness (QED) is 0.708. The molecule has 2 amide bonds. The molecule has 0 fully saturated rings. The Kier molecular flexibility index (Phi) is 6.57. The van der Waals surface area contributed by atoms with Gasteiger partial charge >= 0.3 is 12.1 Å². The predicted octanol–water partition coefficient (Wildman–Crippen LogP) is 0.774. The van der Waals surface area contributed by atoms with E-state index in [4.69, 9.17) is 15.2 Å². The van der Waals surface area contributed by atoms with E-state index in [1.165, 1.54) is 24.3 Å². The van der Waals surface area contributed by atoms with Gasteiger partial charge in [-0.2, -0.15) is 13.2 Å². The third kappa shape index (κ3) is 6.99. The van der Waals surface area contributed by atoms with Crippen LogP contribution >= 0.6 is 0 Å². The number of hydrogen-bond donors (Lipinski definition) is 2. The summed E-state index contributed by atoms with van der Waals surface area (Å²) in [5.74, 6) is -2.35. The van der Waals surface area contributed by atoms with Gasteiger partial charge in [-0.3, -0.25) is 9.59 Å². The molecule has 24 heavy (non-hydrogen) atoms. The number of nitrogens with one attached hydrogen (secondary N) is 1. The molecule has 0 aliphatic rings. The van der Waals surface area contributed by atoms with Crippen LogP contribution in [0.15, 0.2) is 24.3 Å². The van der Waals surface area contributed by atoms with E-state index in [2.05, 4.69) is 0 Å². The lowest BCUT2D eigenvalue weighted by Crippen LogP contribution is -2.40.